The van der Waals surface area contributed by atoms with Gasteiger partial charge in [-0.2, -0.15) is 0 Å². The zero-order valence-electron chi connectivity index (χ0n) is 11.8. The molecule has 0 aliphatic heterocycles. The van der Waals surface area contributed by atoms with Crippen LogP contribution in [0.5, 0.6) is 0 Å². The van der Waals surface area contributed by atoms with Crippen molar-refractivity contribution in [1.29, 1.82) is 0 Å². The van der Waals surface area contributed by atoms with Crippen molar-refractivity contribution in [1.82, 2.24) is 9.55 Å². The molecule has 0 saturated heterocycles. The number of hydrogen-bond acceptors (Lipinski definition) is 3. The molecule has 1 heterocycles. The molecule has 0 bridgehead atoms. The van der Waals surface area contributed by atoms with Gasteiger partial charge in [0.05, 0.1) is 18.4 Å². The maximum atomic E-state index is 5.90. The number of aryl methyl sites for hydroxylation is 1. The molecule has 1 aliphatic carbocycles. The van der Waals surface area contributed by atoms with Gasteiger partial charge >= 0.3 is 0 Å². The van der Waals surface area contributed by atoms with Gasteiger partial charge < -0.3 is 14.6 Å². The van der Waals surface area contributed by atoms with Crippen LogP contribution in [0.4, 0.5) is 5.95 Å². The Morgan fingerprint density at radius 3 is 2.83 bits per heavy atom. The van der Waals surface area contributed by atoms with Gasteiger partial charge in [0.1, 0.15) is 0 Å². The molecule has 0 atom stereocenters. The summed E-state index contributed by atoms with van der Waals surface area (Å²) in [5.41, 5.74) is 1.05. The van der Waals surface area contributed by atoms with Gasteiger partial charge in [-0.3, -0.25) is 0 Å². The SMILES string of the molecule is Cc1cn(CCOC2CCCC2)c(NC(C)C)n1. The van der Waals surface area contributed by atoms with Crippen LogP contribution in [0.1, 0.15) is 45.2 Å². The summed E-state index contributed by atoms with van der Waals surface area (Å²) in [7, 11) is 0. The minimum Gasteiger partial charge on any atom is -0.376 e. The lowest BCUT2D eigenvalue weighted by Gasteiger charge is -2.14. The topological polar surface area (TPSA) is 39.1 Å². The summed E-state index contributed by atoms with van der Waals surface area (Å²) >= 11 is 0. The molecule has 1 saturated carbocycles. The monoisotopic (exact) mass is 251 g/mol. The average molecular weight is 251 g/mol. The van der Waals surface area contributed by atoms with E-state index in [2.05, 4.69) is 34.9 Å². The Bertz CT molecular complexity index is 367. The molecule has 1 aromatic heterocycles. The predicted molar refractivity (Wildman–Crippen MR) is 73.9 cm³/mol. The molecular formula is C14H25N3O. The number of anilines is 1. The third kappa shape index (κ3) is 3.73. The Morgan fingerprint density at radius 2 is 2.17 bits per heavy atom. The van der Waals surface area contributed by atoms with E-state index in [9.17, 15) is 0 Å². The second-order valence-corrected chi connectivity index (χ2v) is 5.48. The van der Waals surface area contributed by atoms with Gasteiger partial charge in [-0.15, -0.1) is 0 Å². The van der Waals surface area contributed by atoms with Crippen LogP contribution in [-0.4, -0.2) is 28.3 Å². The molecule has 1 N–H and O–H groups in total. The Hall–Kier alpha value is -1.03. The third-order valence-electron chi connectivity index (χ3n) is 3.30. The van der Waals surface area contributed by atoms with Crippen LogP contribution in [0.2, 0.25) is 0 Å². The first-order valence-corrected chi connectivity index (χ1v) is 7.07. The number of imidazole rings is 1. The number of rotatable bonds is 6. The lowest BCUT2D eigenvalue weighted by Crippen LogP contribution is -2.17. The van der Waals surface area contributed by atoms with Gasteiger partial charge in [0, 0.05) is 18.8 Å². The molecule has 2 rings (SSSR count). The summed E-state index contributed by atoms with van der Waals surface area (Å²) in [4.78, 5) is 4.50. The maximum Gasteiger partial charge on any atom is 0.203 e. The van der Waals surface area contributed by atoms with Crippen molar-refractivity contribution in [2.45, 2.75) is 65.1 Å². The summed E-state index contributed by atoms with van der Waals surface area (Å²) in [6.07, 6.45) is 7.71. The summed E-state index contributed by atoms with van der Waals surface area (Å²) in [5, 5.41) is 3.37. The fraction of sp³-hybridized carbons (Fsp3) is 0.786. The van der Waals surface area contributed by atoms with E-state index in [1.165, 1.54) is 25.7 Å². The zero-order chi connectivity index (χ0) is 13.0. The minimum atomic E-state index is 0.404. The van der Waals surface area contributed by atoms with Crippen LogP contribution < -0.4 is 5.32 Å². The smallest absolute Gasteiger partial charge is 0.203 e. The van der Waals surface area contributed by atoms with E-state index in [1.807, 2.05) is 6.92 Å². The van der Waals surface area contributed by atoms with E-state index >= 15 is 0 Å². The summed E-state index contributed by atoms with van der Waals surface area (Å²) < 4.78 is 8.06. The Kier molecular flexibility index (Phi) is 4.64. The molecule has 4 nitrogen and oxygen atoms in total. The van der Waals surface area contributed by atoms with Crippen LogP contribution in [0, 0.1) is 6.92 Å². The quantitative estimate of drug-likeness (QED) is 0.845. The van der Waals surface area contributed by atoms with Gasteiger partial charge in [-0.05, 0) is 33.6 Å². The van der Waals surface area contributed by atoms with Gasteiger partial charge in [0.25, 0.3) is 0 Å². The van der Waals surface area contributed by atoms with E-state index < -0.39 is 0 Å². The van der Waals surface area contributed by atoms with Crippen molar-refractivity contribution in [3.8, 4) is 0 Å². The lowest BCUT2D eigenvalue weighted by atomic mass is 10.3. The minimum absolute atomic E-state index is 0.404. The Balaban J connectivity index is 1.83. The number of nitrogens with zero attached hydrogens (tertiary/aromatic N) is 2. The standard InChI is InChI=1S/C14H25N3O/c1-11(2)15-14-16-12(3)10-17(14)8-9-18-13-6-4-5-7-13/h10-11,13H,4-9H2,1-3H3,(H,15,16). The first-order chi connectivity index (χ1) is 8.65. The molecule has 0 unspecified atom stereocenters. The van der Waals surface area contributed by atoms with E-state index in [0.717, 1.165) is 24.8 Å². The van der Waals surface area contributed by atoms with Crippen molar-refractivity contribution >= 4 is 5.95 Å². The second-order valence-electron chi connectivity index (χ2n) is 5.48. The number of hydrogen-bond donors (Lipinski definition) is 1. The highest BCUT2D eigenvalue weighted by molar-refractivity contribution is 5.29. The maximum absolute atomic E-state index is 5.90. The average Bonchev–Trinajstić information content (AvgIpc) is 2.89. The van der Waals surface area contributed by atoms with Crippen molar-refractivity contribution in [2.24, 2.45) is 0 Å². The highest BCUT2D eigenvalue weighted by Gasteiger charge is 2.15. The first kappa shape index (κ1) is 13.4. The van der Waals surface area contributed by atoms with E-state index in [1.54, 1.807) is 0 Å². The summed E-state index contributed by atoms with van der Waals surface area (Å²) in [6, 6.07) is 0.404. The Morgan fingerprint density at radius 1 is 1.44 bits per heavy atom. The van der Waals surface area contributed by atoms with E-state index in [4.69, 9.17) is 4.74 Å². The van der Waals surface area contributed by atoms with E-state index in [-0.39, 0.29) is 0 Å². The number of nitrogens with one attached hydrogen (secondary N) is 1. The Labute approximate surface area is 110 Å². The summed E-state index contributed by atoms with van der Waals surface area (Å²) in [6.45, 7) is 7.95. The number of aromatic nitrogens is 2. The molecule has 1 fully saturated rings. The molecule has 102 valence electrons. The largest absolute Gasteiger partial charge is 0.376 e. The first-order valence-electron chi connectivity index (χ1n) is 7.07. The van der Waals surface area contributed by atoms with Crippen LogP contribution in [-0.2, 0) is 11.3 Å². The fourth-order valence-electron chi connectivity index (χ4n) is 2.46. The molecule has 0 amide bonds. The van der Waals surface area contributed by atoms with Gasteiger partial charge in [0.2, 0.25) is 5.95 Å². The fourth-order valence-corrected chi connectivity index (χ4v) is 2.46. The van der Waals surface area contributed by atoms with Crippen LogP contribution in [0.25, 0.3) is 0 Å². The molecule has 18 heavy (non-hydrogen) atoms. The van der Waals surface area contributed by atoms with Crippen molar-refractivity contribution < 1.29 is 4.74 Å². The molecule has 1 aliphatic rings. The van der Waals surface area contributed by atoms with Crippen LogP contribution >= 0.6 is 0 Å². The third-order valence-corrected chi connectivity index (χ3v) is 3.30. The second kappa shape index (κ2) is 6.23. The molecule has 0 aromatic carbocycles. The molecule has 0 spiro atoms. The van der Waals surface area contributed by atoms with Crippen LogP contribution in [0.3, 0.4) is 0 Å². The van der Waals surface area contributed by atoms with Crippen molar-refractivity contribution in [3.05, 3.63) is 11.9 Å². The predicted octanol–water partition coefficient (Wildman–Crippen LogP) is 2.97. The lowest BCUT2D eigenvalue weighted by molar-refractivity contribution is 0.0532. The van der Waals surface area contributed by atoms with E-state index in [0.29, 0.717) is 12.1 Å². The van der Waals surface area contributed by atoms with Crippen molar-refractivity contribution in [3.63, 3.8) is 0 Å². The molecule has 4 heteroatoms. The van der Waals surface area contributed by atoms with Gasteiger partial charge in [-0.1, -0.05) is 12.8 Å². The van der Waals surface area contributed by atoms with Crippen LogP contribution in [0.15, 0.2) is 6.20 Å². The van der Waals surface area contributed by atoms with Crippen molar-refractivity contribution in [2.75, 3.05) is 11.9 Å². The highest BCUT2D eigenvalue weighted by Crippen LogP contribution is 2.21. The van der Waals surface area contributed by atoms with Gasteiger partial charge in [-0.25, -0.2) is 4.98 Å². The molecule has 1 aromatic rings. The highest BCUT2D eigenvalue weighted by atomic mass is 16.5. The molecular weight excluding hydrogens is 226 g/mol. The zero-order valence-corrected chi connectivity index (χ0v) is 11.8. The normalized spacial score (nSPS) is 16.7. The summed E-state index contributed by atoms with van der Waals surface area (Å²) in [5.74, 6) is 0.956. The van der Waals surface area contributed by atoms with Gasteiger partial charge in [0.15, 0.2) is 0 Å². The number of ether oxygens (including phenoxy) is 1. The molecule has 0 radical (unpaired) electrons.